The number of carbonyl (C=O) groups is 1. The molecule has 0 aliphatic rings. The van der Waals surface area contributed by atoms with Gasteiger partial charge in [0.25, 0.3) is 0 Å². The highest BCUT2D eigenvalue weighted by atomic mass is 35.5. The quantitative estimate of drug-likeness (QED) is 0.645. The molecule has 130 valence electrons. The predicted octanol–water partition coefficient (Wildman–Crippen LogP) is 4.13. The van der Waals surface area contributed by atoms with E-state index >= 15 is 0 Å². The summed E-state index contributed by atoms with van der Waals surface area (Å²) in [6.07, 6.45) is 7.03. The number of nitrogens with zero attached hydrogens (tertiary/aromatic N) is 2. The zero-order valence-corrected chi connectivity index (χ0v) is 15.3. The van der Waals surface area contributed by atoms with Crippen LogP contribution < -0.4 is 5.32 Å². The van der Waals surface area contributed by atoms with Crippen LogP contribution in [-0.4, -0.2) is 22.0 Å². The summed E-state index contributed by atoms with van der Waals surface area (Å²) in [5, 5.41) is 6.70. The lowest BCUT2D eigenvalue weighted by molar-refractivity contribution is -0.121. The van der Waals surface area contributed by atoms with E-state index in [2.05, 4.69) is 14.9 Å². The Balaban J connectivity index is 1.60. The molecule has 1 aromatic carbocycles. The van der Waals surface area contributed by atoms with E-state index in [4.69, 9.17) is 11.6 Å². The molecule has 2 heterocycles. The number of thiazole rings is 1. The SMILES string of the molecule is O=C(CC(Cn1cccc1)c1ccc(Cl)cc1)NCCc1nccs1. The van der Waals surface area contributed by atoms with Crippen molar-refractivity contribution in [2.75, 3.05) is 6.54 Å². The van der Waals surface area contributed by atoms with Crippen molar-refractivity contribution in [3.63, 3.8) is 0 Å². The highest BCUT2D eigenvalue weighted by molar-refractivity contribution is 7.09. The summed E-state index contributed by atoms with van der Waals surface area (Å²) in [4.78, 5) is 16.6. The van der Waals surface area contributed by atoms with Crippen molar-refractivity contribution in [3.8, 4) is 0 Å². The predicted molar refractivity (Wildman–Crippen MR) is 102 cm³/mol. The van der Waals surface area contributed by atoms with Gasteiger partial charge in [0, 0.05) is 60.8 Å². The first-order valence-corrected chi connectivity index (χ1v) is 9.48. The molecule has 3 rings (SSSR count). The smallest absolute Gasteiger partial charge is 0.220 e. The Hall–Kier alpha value is -2.11. The summed E-state index contributed by atoms with van der Waals surface area (Å²) in [6.45, 7) is 1.37. The average Bonchev–Trinajstić information content (AvgIpc) is 3.29. The number of benzene rings is 1. The molecule has 0 radical (unpaired) electrons. The number of nitrogens with one attached hydrogen (secondary N) is 1. The van der Waals surface area contributed by atoms with Crippen LogP contribution in [0, 0.1) is 0 Å². The summed E-state index contributed by atoms with van der Waals surface area (Å²) >= 11 is 7.60. The van der Waals surface area contributed by atoms with Crippen molar-refractivity contribution in [2.45, 2.75) is 25.3 Å². The van der Waals surface area contributed by atoms with E-state index in [1.807, 2.05) is 54.2 Å². The molecule has 1 unspecified atom stereocenters. The lowest BCUT2D eigenvalue weighted by atomic mass is 9.95. The van der Waals surface area contributed by atoms with E-state index in [-0.39, 0.29) is 11.8 Å². The fourth-order valence-corrected chi connectivity index (χ4v) is 3.50. The van der Waals surface area contributed by atoms with Gasteiger partial charge < -0.3 is 9.88 Å². The first kappa shape index (κ1) is 17.7. The van der Waals surface area contributed by atoms with Crippen molar-refractivity contribution in [1.82, 2.24) is 14.9 Å². The van der Waals surface area contributed by atoms with Crippen molar-refractivity contribution >= 4 is 28.8 Å². The lowest BCUT2D eigenvalue weighted by Crippen LogP contribution is -2.28. The van der Waals surface area contributed by atoms with Gasteiger partial charge in [0.05, 0.1) is 5.01 Å². The monoisotopic (exact) mass is 373 g/mol. The maximum atomic E-state index is 12.4. The minimum absolute atomic E-state index is 0.0589. The molecule has 0 saturated heterocycles. The molecule has 25 heavy (non-hydrogen) atoms. The number of halogens is 1. The van der Waals surface area contributed by atoms with E-state index in [1.165, 1.54) is 0 Å². The lowest BCUT2D eigenvalue weighted by Gasteiger charge is -2.18. The van der Waals surface area contributed by atoms with E-state index in [0.717, 1.165) is 23.5 Å². The third kappa shape index (κ3) is 5.44. The second-order valence-electron chi connectivity index (χ2n) is 5.86. The fraction of sp³-hybridized carbons (Fsp3) is 0.263. The van der Waals surface area contributed by atoms with E-state index in [1.54, 1.807) is 17.5 Å². The topological polar surface area (TPSA) is 46.9 Å². The summed E-state index contributed by atoms with van der Waals surface area (Å²) < 4.78 is 2.10. The summed E-state index contributed by atoms with van der Waals surface area (Å²) in [6, 6.07) is 11.7. The molecule has 1 N–H and O–H groups in total. The Morgan fingerprint density at radius 2 is 2.00 bits per heavy atom. The number of carbonyl (C=O) groups excluding carboxylic acids is 1. The molecule has 0 saturated carbocycles. The zero-order valence-electron chi connectivity index (χ0n) is 13.8. The van der Waals surface area contributed by atoms with Crippen LogP contribution in [0.25, 0.3) is 0 Å². The molecule has 6 heteroatoms. The minimum Gasteiger partial charge on any atom is -0.356 e. The highest BCUT2D eigenvalue weighted by Gasteiger charge is 2.16. The Bertz CT molecular complexity index is 770. The standard InChI is InChI=1S/C19H20ClN3OS/c20-17-5-3-15(4-6-17)16(14-23-10-1-2-11-23)13-18(24)21-8-7-19-22-9-12-25-19/h1-6,9-12,16H,7-8,13-14H2,(H,21,24). The molecule has 0 aliphatic carbocycles. The van der Waals surface area contributed by atoms with Gasteiger partial charge in [0.15, 0.2) is 0 Å². The first-order valence-electron chi connectivity index (χ1n) is 8.22. The van der Waals surface area contributed by atoms with E-state index in [0.29, 0.717) is 18.0 Å². The van der Waals surface area contributed by atoms with Crippen LogP contribution >= 0.6 is 22.9 Å². The van der Waals surface area contributed by atoms with E-state index in [9.17, 15) is 4.79 Å². The van der Waals surface area contributed by atoms with Gasteiger partial charge in [-0.2, -0.15) is 0 Å². The molecule has 2 aromatic heterocycles. The maximum absolute atomic E-state index is 12.4. The molecule has 0 aliphatic heterocycles. The molecule has 0 bridgehead atoms. The zero-order chi connectivity index (χ0) is 17.5. The van der Waals surface area contributed by atoms with Crippen LogP contribution in [0.1, 0.15) is 22.9 Å². The maximum Gasteiger partial charge on any atom is 0.220 e. The van der Waals surface area contributed by atoms with Crippen LogP contribution in [0.15, 0.2) is 60.4 Å². The minimum atomic E-state index is 0.0589. The molecule has 4 nitrogen and oxygen atoms in total. The Morgan fingerprint density at radius 1 is 1.24 bits per heavy atom. The van der Waals surface area contributed by atoms with Crippen molar-refractivity contribution in [3.05, 3.63) is 76.0 Å². The van der Waals surface area contributed by atoms with Crippen molar-refractivity contribution in [2.24, 2.45) is 0 Å². The number of amides is 1. The molecule has 0 spiro atoms. The average molecular weight is 374 g/mol. The third-order valence-electron chi connectivity index (χ3n) is 4.02. The number of rotatable bonds is 8. The second kappa shape index (κ2) is 8.83. The molecule has 1 atom stereocenters. The molecular formula is C19H20ClN3OS. The molecule has 0 fully saturated rings. The summed E-state index contributed by atoms with van der Waals surface area (Å²) in [7, 11) is 0. The third-order valence-corrected chi connectivity index (χ3v) is 5.11. The van der Waals surface area contributed by atoms with Crippen molar-refractivity contribution < 1.29 is 4.79 Å². The number of aromatic nitrogens is 2. The Labute approximate surface area is 156 Å². The van der Waals surface area contributed by atoms with Crippen LogP contribution in [0.4, 0.5) is 0 Å². The van der Waals surface area contributed by atoms with Crippen LogP contribution in [0.3, 0.4) is 0 Å². The van der Waals surface area contributed by atoms with Gasteiger partial charge in [-0.15, -0.1) is 11.3 Å². The van der Waals surface area contributed by atoms with E-state index < -0.39 is 0 Å². The van der Waals surface area contributed by atoms with Crippen LogP contribution in [0.5, 0.6) is 0 Å². The van der Waals surface area contributed by atoms with Gasteiger partial charge >= 0.3 is 0 Å². The second-order valence-corrected chi connectivity index (χ2v) is 7.27. The van der Waals surface area contributed by atoms with Gasteiger partial charge in [0.1, 0.15) is 0 Å². The number of hydrogen-bond acceptors (Lipinski definition) is 3. The van der Waals surface area contributed by atoms with Crippen LogP contribution in [0.2, 0.25) is 5.02 Å². The summed E-state index contributed by atoms with van der Waals surface area (Å²) in [5.41, 5.74) is 1.12. The Kier molecular flexibility index (Phi) is 6.25. The molecule has 1 amide bonds. The molecule has 3 aromatic rings. The van der Waals surface area contributed by atoms with Gasteiger partial charge in [-0.1, -0.05) is 23.7 Å². The normalized spacial score (nSPS) is 12.0. The first-order chi connectivity index (χ1) is 12.2. The highest BCUT2D eigenvalue weighted by Crippen LogP contribution is 2.24. The van der Waals surface area contributed by atoms with Gasteiger partial charge in [-0.05, 0) is 29.8 Å². The van der Waals surface area contributed by atoms with Crippen molar-refractivity contribution in [1.29, 1.82) is 0 Å². The van der Waals surface area contributed by atoms with Gasteiger partial charge in [-0.3, -0.25) is 4.79 Å². The summed E-state index contributed by atoms with van der Waals surface area (Å²) in [5.74, 6) is 0.160. The Morgan fingerprint density at radius 3 is 2.68 bits per heavy atom. The largest absolute Gasteiger partial charge is 0.356 e. The van der Waals surface area contributed by atoms with Gasteiger partial charge in [-0.25, -0.2) is 4.98 Å². The van der Waals surface area contributed by atoms with Crippen LogP contribution in [-0.2, 0) is 17.8 Å². The van der Waals surface area contributed by atoms with Gasteiger partial charge in [0.2, 0.25) is 5.91 Å². The molecular weight excluding hydrogens is 354 g/mol. The number of hydrogen-bond donors (Lipinski definition) is 1. The fourth-order valence-electron chi connectivity index (χ4n) is 2.75.